The summed E-state index contributed by atoms with van der Waals surface area (Å²) in [6.07, 6.45) is 1.74. The van der Waals surface area contributed by atoms with Gasteiger partial charge in [0.1, 0.15) is 11.5 Å². The normalized spacial score (nSPS) is 14.6. The second kappa shape index (κ2) is 6.55. The number of nitro benzene ring substituents is 1. The Kier molecular flexibility index (Phi) is 4.20. The van der Waals surface area contributed by atoms with Crippen LogP contribution >= 0.6 is 11.8 Å². The lowest BCUT2D eigenvalue weighted by molar-refractivity contribution is -0.385. The Morgan fingerprint density at radius 3 is 2.56 bits per heavy atom. The van der Waals surface area contributed by atoms with Gasteiger partial charge in [0, 0.05) is 27.7 Å². The average Bonchev–Trinajstić information content (AvgIpc) is 3.22. The summed E-state index contributed by atoms with van der Waals surface area (Å²) in [5.74, 6) is 1.19. The third kappa shape index (κ3) is 3.08. The van der Waals surface area contributed by atoms with Crippen LogP contribution in [0.15, 0.2) is 62.7 Å². The molecule has 0 aliphatic carbocycles. The van der Waals surface area contributed by atoms with E-state index in [1.807, 2.05) is 37.3 Å². The number of rotatable bonds is 3. The van der Waals surface area contributed by atoms with E-state index >= 15 is 0 Å². The highest BCUT2D eigenvalue weighted by Gasteiger charge is 2.25. The van der Waals surface area contributed by atoms with Gasteiger partial charge in [-0.3, -0.25) is 14.9 Å². The second-order valence-electron chi connectivity index (χ2n) is 6.35. The molecule has 0 saturated carbocycles. The van der Waals surface area contributed by atoms with Gasteiger partial charge in [0.25, 0.3) is 5.69 Å². The molecule has 134 valence electrons. The molecule has 0 radical (unpaired) electrons. The van der Waals surface area contributed by atoms with Crippen molar-refractivity contribution in [2.24, 2.45) is 0 Å². The minimum atomic E-state index is -0.384. The van der Waals surface area contributed by atoms with Crippen LogP contribution in [0.4, 0.5) is 5.69 Å². The van der Waals surface area contributed by atoms with E-state index in [4.69, 9.17) is 4.42 Å². The first-order valence-electron chi connectivity index (χ1n) is 8.33. The molecule has 0 bridgehead atoms. The van der Waals surface area contributed by atoms with Gasteiger partial charge < -0.3 is 4.42 Å². The van der Waals surface area contributed by atoms with E-state index in [0.29, 0.717) is 27.6 Å². The summed E-state index contributed by atoms with van der Waals surface area (Å²) in [5.41, 5.74) is 2.95. The number of hydrogen-bond donors (Lipinski definition) is 0. The first-order chi connectivity index (χ1) is 12.9. The number of nitrogens with zero attached hydrogens (tertiary/aromatic N) is 1. The van der Waals surface area contributed by atoms with E-state index in [9.17, 15) is 14.9 Å². The quantitative estimate of drug-likeness (QED) is 0.327. The lowest BCUT2D eigenvalue weighted by Gasteiger charge is -2.05. The first kappa shape index (κ1) is 17.3. The van der Waals surface area contributed by atoms with Crippen LogP contribution in [0.5, 0.6) is 0 Å². The van der Waals surface area contributed by atoms with Gasteiger partial charge in [0.15, 0.2) is 0 Å². The van der Waals surface area contributed by atoms with E-state index in [1.165, 1.54) is 11.8 Å². The van der Waals surface area contributed by atoms with Gasteiger partial charge in [-0.05, 0) is 55.8 Å². The Bertz CT molecular complexity index is 1130. The molecule has 0 spiro atoms. The Balaban J connectivity index is 1.67. The summed E-state index contributed by atoms with van der Waals surface area (Å²) in [4.78, 5) is 24.7. The molecule has 6 heteroatoms. The van der Waals surface area contributed by atoms with Crippen molar-refractivity contribution in [3.63, 3.8) is 0 Å². The SMILES string of the molecule is Cc1cc([N+](=O)[O-])c(C)cc1-c1ccc(/C=C2\Sc3ccccc3C2=O)o1. The highest BCUT2D eigenvalue weighted by molar-refractivity contribution is 8.04. The first-order valence-corrected chi connectivity index (χ1v) is 9.15. The number of fused-ring (bicyclic) bond motifs is 1. The van der Waals surface area contributed by atoms with Crippen LogP contribution in [0.3, 0.4) is 0 Å². The van der Waals surface area contributed by atoms with Crippen molar-refractivity contribution in [1.82, 2.24) is 0 Å². The molecule has 1 aromatic heterocycles. The molecule has 2 heterocycles. The molecule has 1 aliphatic rings. The fourth-order valence-corrected chi connectivity index (χ4v) is 4.14. The molecule has 2 aromatic carbocycles. The predicted molar refractivity (Wildman–Crippen MR) is 105 cm³/mol. The van der Waals surface area contributed by atoms with E-state index in [1.54, 1.807) is 31.2 Å². The molecule has 1 aliphatic heterocycles. The third-order valence-corrected chi connectivity index (χ3v) is 5.58. The van der Waals surface area contributed by atoms with Crippen molar-refractivity contribution in [1.29, 1.82) is 0 Å². The minimum Gasteiger partial charge on any atom is -0.457 e. The van der Waals surface area contributed by atoms with Crippen molar-refractivity contribution < 1.29 is 14.1 Å². The Hall–Kier alpha value is -3.12. The fraction of sp³-hybridized carbons (Fsp3) is 0.0952. The monoisotopic (exact) mass is 377 g/mol. The van der Waals surface area contributed by atoms with Crippen LogP contribution in [0.1, 0.15) is 27.2 Å². The fourth-order valence-electron chi connectivity index (χ4n) is 3.10. The third-order valence-electron chi connectivity index (χ3n) is 4.48. The lowest BCUT2D eigenvalue weighted by atomic mass is 10.0. The maximum absolute atomic E-state index is 12.5. The van der Waals surface area contributed by atoms with Crippen LogP contribution in [-0.2, 0) is 0 Å². The lowest BCUT2D eigenvalue weighted by Crippen LogP contribution is -1.94. The highest BCUT2D eigenvalue weighted by Crippen LogP contribution is 2.41. The van der Waals surface area contributed by atoms with Crippen molar-refractivity contribution in [2.75, 3.05) is 0 Å². The van der Waals surface area contributed by atoms with Gasteiger partial charge in [-0.2, -0.15) is 0 Å². The molecule has 0 unspecified atom stereocenters. The summed E-state index contributed by atoms with van der Waals surface area (Å²) >= 11 is 1.43. The average molecular weight is 377 g/mol. The minimum absolute atomic E-state index is 0.00379. The number of allylic oxidation sites excluding steroid dienone is 1. The summed E-state index contributed by atoms with van der Waals surface area (Å²) in [6, 6.07) is 14.4. The standard InChI is InChI=1S/C21H15NO4S/c1-12-10-17(22(24)25)13(2)9-16(12)18-8-7-14(26-18)11-20-21(23)15-5-3-4-6-19(15)27-20/h3-11H,1-2H3/b20-11-. The zero-order valence-corrected chi connectivity index (χ0v) is 15.5. The van der Waals surface area contributed by atoms with Crippen molar-refractivity contribution >= 4 is 29.3 Å². The van der Waals surface area contributed by atoms with Gasteiger partial charge >= 0.3 is 0 Å². The molecule has 5 nitrogen and oxygen atoms in total. The number of benzene rings is 2. The van der Waals surface area contributed by atoms with E-state index in [0.717, 1.165) is 16.0 Å². The number of furan rings is 1. The molecular weight excluding hydrogens is 362 g/mol. The zero-order chi connectivity index (χ0) is 19.1. The van der Waals surface area contributed by atoms with Crippen LogP contribution in [0.2, 0.25) is 0 Å². The number of hydrogen-bond acceptors (Lipinski definition) is 5. The topological polar surface area (TPSA) is 73.3 Å². The number of carbonyl (C=O) groups is 1. The van der Waals surface area contributed by atoms with Gasteiger partial charge in [0.05, 0.1) is 9.83 Å². The summed E-state index contributed by atoms with van der Waals surface area (Å²) in [7, 11) is 0. The summed E-state index contributed by atoms with van der Waals surface area (Å²) in [5, 5.41) is 11.1. The van der Waals surface area contributed by atoms with Crippen molar-refractivity contribution in [3.05, 3.63) is 86.0 Å². The highest BCUT2D eigenvalue weighted by atomic mass is 32.2. The number of Topliss-reactive ketones (excluding diaryl/α,β-unsaturated/α-hetero) is 1. The van der Waals surface area contributed by atoms with E-state index in [-0.39, 0.29) is 16.4 Å². The Morgan fingerprint density at radius 2 is 1.81 bits per heavy atom. The molecule has 0 atom stereocenters. The molecule has 0 amide bonds. The molecular formula is C21H15NO4S. The smallest absolute Gasteiger partial charge is 0.272 e. The zero-order valence-electron chi connectivity index (χ0n) is 14.7. The van der Waals surface area contributed by atoms with Crippen molar-refractivity contribution in [3.8, 4) is 11.3 Å². The van der Waals surface area contributed by atoms with E-state index < -0.39 is 0 Å². The van der Waals surface area contributed by atoms with Gasteiger partial charge in [-0.25, -0.2) is 0 Å². The molecule has 3 aromatic rings. The Morgan fingerprint density at radius 1 is 1.04 bits per heavy atom. The van der Waals surface area contributed by atoms with Crippen LogP contribution in [0.25, 0.3) is 17.4 Å². The van der Waals surface area contributed by atoms with Crippen LogP contribution < -0.4 is 0 Å². The van der Waals surface area contributed by atoms with Gasteiger partial charge in [0.2, 0.25) is 5.78 Å². The molecule has 0 N–H and O–H groups in total. The van der Waals surface area contributed by atoms with Crippen LogP contribution in [-0.4, -0.2) is 10.7 Å². The Labute approximate surface area is 159 Å². The van der Waals surface area contributed by atoms with Crippen molar-refractivity contribution in [2.45, 2.75) is 18.7 Å². The number of thioether (sulfide) groups is 1. The molecule has 0 fully saturated rings. The number of aryl methyl sites for hydroxylation is 2. The maximum Gasteiger partial charge on any atom is 0.272 e. The van der Waals surface area contributed by atoms with E-state index in [2.05, 4.69) is 0 Å². The van der Waals surface area contributed by atoms with Gasteiger partial charge in [-0.15, -0.1) is 0 Å². The number of ketones is 1. The molecule has 27 heavy (non-hydrogen) atoms. The predicted octanol–water partition coefficient (Wildman–Crippen LogP) is 5.80. The summed E-state index contributed by atoms with van der Waals surface area (Å²) < 4.78 is 5.90. The van der Waals surface area contributed by atoms with Crippen LogP contribution in [0, 0.1) is 24.0 Å². The maximum atomic E-state index is 12.5. The second-order valence-corrected chi connectivity index (χ2v) is 7.43. The number of carbonyl (C=O) groups excluding carboxylic acids is 1. The largest absolute Gasteiger partial charge is 0.457 e. The number of nitro groups is 1. The summed E-state index contributed by atoms with van der Waals surface area (Å²) in [6.45, 7) is 3.52. The molecule has 4 rings (SSSR count). The molecule has 0 saturated heterocycles. The van der Waals surface area contributed by atoms with Gasteiger partial charge in [-0.1, -0.05) is 23.9 Å².